The van der Waals surface area contributed by atoms with Crippen LogP contribution in [0.1, 0.15) is 11.4 Å². The maximum atomic E-state index is 13.9. The van der Waals surface area contributed by atoms with Gasteiger partial charge in [-0.25, -0.2) is 14.4 Å². The highest BCUT2D eigenvalue weighted by Gasteiger charge is 2.20. The number of rotatable bonds is 3. The maximum absolute atomic E-state index is 13.9. The van der Waals surface area contributed by atoms with Crippen molar-refractivity contribution >= 4 is 16.7 Å². The molecule has 7 heteroatoms. The topological polar surface area (TPSA) is 61.5 Å². The first-order valence-electron chi connectivity index (χ1n) is 8.07. The van der Waals surface area contributed by atoms with E-state index in [2.05, 4.69) is 15.0 Å². The van der Waals surface area contributed by atoms with Crippen LogP contribution in [0.2, 0.25) is 0 Å². The van der Waals surface area contributed by atoms with Crippen molar-refractivity contribution in [2.75, 3.05) is 14.2 Å². The molecule has 0 fully saturated rings. The van der Waals surface area contributed by atoms with E-state index in [9.17, 15) is 4.39 Å². The summed E-state index contributed by atoms with van der Waals surface area (Å²) in [4.78, 5) is 13.8. The molecule has 0 unspecified atom stereocenters. The summed E-state index contributed by atoms with van der Waals surface area (Å²) in [5, 5.41) is 0. The summed E-state index contributed by atoms with van der Waals surface area (Å²) in [6, 6.07) is 7.96. The molecular weight excluding hydrogens is 335 g/mol. The Bertz CT molecular complexity index is 1150. The molecule has 0 bridgehead atoms. The second kappa shape index (κ2) is 5.94. The van der Waals surface area contributed by atoms with E-state index in [1.807, 2.05) is 24.3 Å². The van der Waals surface area contributed by atoms with E-state index in [4.69, 9.17) is 9.47 Å². The van der Waals surface area contributed by atoms with Gasteiger partial charge in [-0.3, -0.25) is 4.40 Å². The average Bonchev–Trinajstić information content (AvgIpc) is 2.99. The fourth-order valence-electron chi connectivity index (χ4n) is 3.22. The molecule has 0 aliphatic heterocycles. The van der Waals surface area contributed by atoms with Gasteiger partial charge in [-0.15, -0.1) is 0 Å². The number of fused-ring (bicyclic) bond motifs is 3. The highest BCUT2D eigenvalue weighted by Crippen LogP contribution is 2.34. The molecule has 4 aromatic rings. The van der Waals surface area contributed by atoms with Gasteiger partial charge in [0.2, 0.25) is 5.88 Å². The average molecular weight is 352 g/mol. The van der Waals surface area contributed by atoms with Crippen LogP contribution >= 0.6 is 0 Å². The summed E-state index contributed by atoms with van der Waals surface area (Å²) in [5.74, 6) is 1.18. The van der Waals surface area contributed by atoms with Gasteiger partial charge in [0.1, 0.15) is 22.9 Å². The minimum absolute atomic E-state index is 0.365. The summed E-state index contributed by atoms with van der Waals surface area (Å²) < 4.78 is 26.5. The lowest BCUT2D eigenvalue weighted by Gasteiger charge is -2.11. The van der Waals surface area contributed by atoms with Gasteiger partial charge in [-0.05, 0) is 38.1 Å². The molecule has 0 saturated carbocycles. The zero-order chi connectivity index (χ0) is 18.4. The van der Waals surface area contributed by atoms with Crippen LogP contribution < -0.4 is 9.47 Å². The number of aromatic nitrogens is 4. The van der Waals surface area contributed by atoms with Crippen molar-refractivity contribution in [2.24, 2.45) is 0 Å². The molecule has 3 heterocycles. The van der Waals surface area contributed by atoms with Gasteiger partial charge in [-0.1, -0.05) is 0 Å². The van der Waals surface area contributed by atoms with Gasteiger partial charge in [-0.2, -0.15) is 4.98 Å². The van der Waals surface area contributed by atoms with Gasteiger partial charge < -0.3 is 9.47 Å². The van der Waals surface area contributed by atoms with Crippen LogP contribution in [0.25, 0.3) is 28.1 Å². The van der Waals surface area contributed by atoms with Crippen molar-refractivity contribution in [2.45, 2.75) is 13.8 Å². The Morgan fingerprint density at radius 1 is 0.923 bits per heavy atom. The summed E-state index contributed by atoms with van der Waals surface area (Å²) in [6.07, 6.45) is 0. The van der Waals surface area contributed by atoms with Crippen LogP contribution in [0.3, 0.4) is 0 Å². The summed E-state index contributed by atoms with van der Waals surface area (Å²) in [5.41, 5.74) is 4.27. The second-order valence-electron chi connectivity index (χ2n) is 5.94. The lowest BCUT2D eigenvalue weighted by atomic mass is 10.2. The predicted molar refractivity (Wildman–Crippen MR) is 96.3 cm³/mol. The molecule has 0 saturated heterocycles. The predicted octanol–water partition coefficient (Wildman–Crippen LogP) is 3.72. The van der Waals surface area contributed by atoms with Crippen molar-refractivity contribution in [3.63, 3.8) is 0 Å². The lowest BCUT2D eigenvalue weighted by molar-refractivity contribution is 0.399. The minimum atomic E-state index is -0.365. The fourth-order valence-corrected chi connectivity index (χ4v) is 3.22. The van der Waals surface area contributed by atoms with Crippen LogP contribution in [0.4, 0.5) is 4.39 Å². The summed E-state index contributed by atoms with van der Waals surface area (Å²) in [6.45, 7) is 3.81. The fraction of sp³-hybridized carbons (Fsp3) is 0.211. The number of imidazole rings is 1. The number of hydrogen-bond acceptors (Lipinski definition) is 5. The molecule has 0 atom stereocenters. The zero-order valence-electron chi connectivity index (χ0n) is 14.9. The van der Waals surface area contributed by atoms with E-state index >= 15 is 0 Å². The number of methoxy groups -OCH3 is 2. The van der Waals surface area contributed by atoms with Crippen molar-refractivity contribution < 1.29 is 13.9 Å². The third-order valence-corrected chi connectivity index (χ3v) is 4.33. The Labute approximate surface area is 149 Å². The van der Waals surface area contributed by atoms with E-state index in [0.717, 1.165) is 16.9 Å². The van der Waals surface area contributed by atoms with Crippen molar-refractivity contribution in [3.8, 4) is 23.0 Å². The van der Waals surface area contributed by atoms with Crippen LogP contribution in [-0.2, 0) is 0 Å². The first-order valence-corrected chi connectivity index (χ1v) is 8.07. The van der Waals surface area contributed by atoms with Gasteiger partial charge in [0.25, 0.3) is 0 Å². The molecule has 132 valence electrons. The van der Waals surface area contributed by atoms with Crippen LogP contribution in [0.5, 0.6) is 11.6 Å². The van der Waals surface area contributed by atoms with E-state index in [-0.39, 0.29) is 5.82 Å². The normalized spacial score (nSPS) is 11.3. The first kappa shape index (κ1) is 16.3. The molecular formula is C19H17FN4O2. The first-order chi connectivity index (χ1) is 12.5. The molecule has 4 rings (SSSR count). The Balaban J connectivity index is 2.19. The molecule has 0 spiro atoms. The largest absolute Gasteiger partial charge is 0.496 e. The number of pyridine rings is 1. The molecule has 6 nitrogen and oxygen atoms in total. The Kier molecular flexibility index (Phi) is 3.72. The Hall–Kier alpha value is -3.22. The lowest BCUT2D eigenvalue weighted by Crippen LogP contribution is -2.01. The summed E-state index contributed by atoms with van der Waals surface area (Å²) >= 11 is 0. The maximum Gasteiger partial charge on any atom is 0.215 e. The molecule has 0 N–H and O–H groups in total. The standard InChI is InChI=1S/C19H17FN4O2/c1-10-17-11(2)22-18(13-9-12(20)5-7-15(13)25-3)24(17)19-14(21-10)6-8-16(23-19)26-4/h5-9H,1-4H3. The van der Waals surface area contributed by atoms with Crippen molar-refractivity contribution in [1.82, 2.24) is 19.4 Å². The molecule has 3 aromatic heterocycles. The smallest absolute Gasteiger partial charge is 0.215 e. The minimum Gasteiger partial charge on any atom is -0.496 e. The summed E-state index contributed by atoms with van der Waals surface area (Å²) in [7, 11) is 3.11. The number of halogens is 1. The van der Waals surface area contributed by atoms with Crippen LogP contribution in [0, 0.1) is 19.7 Å². The van der Waals surface area contributed by atoms with Crippen molar-refractivity contribution in [1.29, 1.82) is 0 Å². The number of aryl methyl sites for hydroxylation is 2. The monoisotopic (exact) mass is 352 g/mol. The zero-order valence-corrected chi connectivity index (χ0v) is 14.9. The van der Waals surface area contributed by atoms with Gasteiger partial charge in [0, 0.05) is 6.07 Å². The highest BCUT2D eigenvalue weighted by atomic mass is 19.1. The molecule has 0 amide bonds. The number of benzene rings is 1. The second-order valence-corrected chi connectivity index (χ2v) is 5.94. The van der Waals surface area contributed by atoms with E-state index in [1.54, 1.807) is 26.4 Å². The van der Waals surface area contributed by atoms with Crippen molar-refractivity contribution in [3.05, 3.63) is 47.5 Å². The van der Waals surface area contributed by atoms with Crippen LogP contribution in [0.15, 0.2) is 30.3 Å². The molecule has 0 aliphatic carbocycles. The van der Waals surface area contributed by atoms with E-state index in [0.29, 0.717) is 34.2 Å². The number of ether oxygens (including phenoxy) is 2. The van der Waals surface area contributed by atoms with E-state index in [1.165, 1.54) is 12.1 Å². The SMILES string of the molecule is COc1ccc2nc(C)c3c(C)nc(-c4cc(F)ccc4OC)n3c2n1. The quantitative estimate of drug-likeness (QED) is 0.562. The van der Waals surface area contributed by atoms with Gasteiger partial charge in [0.15, 0.2) is 5.65 Å². The molecule has 0 radical (unpaired) electrons. The highest BCUT2D eigenvalue weighted by molar-refractivity contribution is 5.82. The molecule has 26 heavy (non-hydrogen) atoms. The Morgan fingerprint density at radius 2 is 1.69 bits per heavy atom. The number of nitrogens with zero attached hydrogens (tertiary/aromatic N) is 4. The van der Waals surface area contributed by atoms with Crippen LogP contribution in [-0.4, -0.2) is 33.6 Å². The van der Waals surface area contributed by atoms with Gasteiger partial charge >= 0.3 is 0 Å². The number of hydrogen-bond donors (Lipinski definition) is 0. The van der Waals surface area contributed by atoms with E-state index < -0.39 is 0 Å². The Morgan fingerprint density at radius 3 is 2.42 bits per heavy atom. The molecule has 0 aliphatic rings. The third-order valence-electron chi connectivity index (χ3n) is 4.33. The molecule has 1 aromatic carbocycles. The third kappa shape index (κ3) is 2.35. The van der Waals surface area contributed by atoms with Gasteiger partial charge in [0.05, 0.1) is 36.7 Å².